The topological polar surface area (TPSA) is 73.5 Å². The lowest BCUT2D eigenvalue weighted by Crippen LogP contribution is -2.30. The number of rotatable bonds is 8. The van der Waals surface area contributed by atoms with E-state index in [1.165, 1.54) is 5.56 Å². The first-order chi connectivity index (χ1) is 13.6. The minimum atomic E-state index is -0.233. The predicted molar refractivity (Wildman–Crippen MR) is 113 cm³/mol. The first-order valence-corrected chi connectivity index (χ1v) is 9.87. The van der Waals surface area contributed by atoms with Gasteiger partial charge in [-0.2, -0.15) is 0 Å². The van der Waals surface area contributed by atoms with Gasteiger partial charge in [0.15, 0.2) is 0 Å². The van der Waals surface area contributed by atoms with E-state index in [9.17, 15) is 9.59 Å². The van der Waals surface area contributed by atoms with E-state index in [4.69, 9.17) is 0 Å². The second-order valence-corrected chi connectivity index (χ2v) is 7.07. The van der Waals surface area contributed by atoms with Gasteiger partial charge in [-0.25, -0.2) is 4.79 Å². The Bertz CT molecular complexity index is 812. The van der Waals surface area contributed by atoms with Crippen molar-refractivity contribution in [2.75, 3.05) is 23.7 Å². The predicted octanol–water partition coefficient (Wildman–Crippen LogP) is 4.06. The molecule has 0 aromatic heterocycles. The fraction of sp³-hybridized carbons (Fsp3) is 0.364. The standard InChI is InChI=1S/C22H28N4O2/c1-3-26(4-2)15-16-8-10-18(11-9-16)23-21(27)17-6-5-7-20(14-17)25-22(28)24-19-12-13-19/h5-11,14,19H,3-4,12-13,15H2,1-2H3,(H,23,27)(H2,24,25,28). The van der Waals surface area contributed by atoms with Gasteiger partial charge in [0.1, 0.15) is 0 Å². The molecule has 28 heavy (non-hydrogen) atoms. The van der Waals surface area contributed by atoms with E-state index < -0.39 is 0 Å². The van der Waals surface area contributed by atoms with Crippen LogP contribution in [0, 0.1) is 0 Å². The third kappa shape index (κ3) is 5.82. The van der Waals surface area contributed by atoms with Crippen molar-refractivity contribution < 1.29 is 9.59 Å². The fourth-order valence-electron chi connectivity index (χ4n) is 2.92. The molecule has 0 bridgehead atoms. The summed E-state index contributed by atoms with van der Waals surface area (Å²) in [7, 11) is 0. The Morgan fingerprint density at radius 2 is 1.68 bits per heavy atom. The molecule has 0 spiro atoms. The summed E-state index contributed by atoms with van der Waals surface area (Å²) in [4.78, 5) is 26.7. The molecule has 0 aliphatic heterocycles. The second kappa shape index (κ2) is 9.37. The van der Waals surface area contributed by atoms with Gasteiger partial charge >= 0.3 is 6.03 Å². The highest BCUT2D eigenvalue weighted by molar-refractivity contribution is 6.05. The van der Waals surface area contributed by atoms with Gasteiger partial charge in [0.2, 0.25) is 0 Å². The Morgan fingerprint density at radius 3 is 2.32 bits per heavy atom. The van der Waals surface area contributed by atoms with Gasteiger partial charge in [-0.1, -0.05) is 32.0 Å². The summed E-state index contributed by atoms with van der Waals surface area (Å²) in [6, 6.07) is 14.9. The molecule has 1 aliphatic rings. The first-order valence-electron chi connectivity index (χ1n) is 9.87. The number of carbonyl (C=O) groups excluding carboxylic acids is 2. The van der Waals surface area contributed by atoms with Crippen LogP contribution in [-0.2, 0) is 6.54 Å². The summed E-state index contributed by atoms with van der Waals surface area (Å²) < 4.78 is 0. The van der Waals surface area contributed by atoms with Crippen molar-refractivity contribution in [1.82, 2.24) is 10.2 Å². The van der Waals surface area contributed by atoms with Crippen LogP contribution in [0.15, 0.2) is 48.5 Å². The second-order valence-electron chi connectivity index (χ2n) is 7.07. The minimum Gasteiger partial charge on any atom is -0.335 e. The smallest absolute Gasteiger partial charge is 0.319 e. The molecule has 0 atom stereocenters. The van der Waals surface area contributed by atoms with E-state index in [0.717, 1.165) is 38.2 Å². The molecule has 3 N–H and O–H groups in total. The number of carbonyl (C=O) groups is 2. The Morgan fingerprint density at radius 1 is 0.964 bits per heavy atom. The van der Waals surface area contributed by atoms with Gasteiger partial charge in [-0.3, -0.25) is 9.69 Å². The lowest BCUT2D eigenvalue weighted by molar-refractivity contribution is 0.102. The molecule has 0 radical (unpaired) electrons. The summed E-state index contributed by atoms with van der Waals surface area (Å²) in [6.07, 6.45) is 2.06. The summed E-state index contributed by atoms with van der Waals surface area (Å²) in [6.45, 7) is 7.22. The molecule has 148 valence electrons. The molecular formula is C22H28N4O2. The molecule has 0 heterocycles. The van der Waals surface area contributed by atoms with Crippen molar-refractivity contribution in [2.24, 2.45) is 0 Å². The molecule has 0 unspecified atom stereocenters. The highest BCUT2D eigenvalue weighted by Gasteiger charge is 2.23. The van der Waals surface area contributed by atoms with E-state index in [1.54, 1.807) is 24.3 Å². The van der Waals surface area contributed by atoms with Crippen LogP contribution in [0.3, 0.4) is 0 Å². The highest BCUT2D eigenvalue weighted by atomic mass is 16.2. The van der Waals surface area contributed by atoms with Crippen LogP contribution in [0.25, 0.3) is 0 Å². The van der Waals surface area contributed by atoms with Crippen LogP contribution in [0.2, 0.25) is 0 Å². The molecule has 3 rings (SSSR count). The van der Waals surface area contributed by atoms with Crippen molar-refractivity contribution in [3.05, 3.63) is 59.7 Å². The lowest BCUT2D eigenvalue weighted by Gasteiger charge is -2.18. The molecule has 0 saturated heterocycles. The zero-order valence-electron chi connectivity index (χ0n) is 16.5. The number of nitrogens with one attached hydrogen (secondary N) is 3. The number of anilines is 2. The third-order valence-electron chi connectivity index (χ3n) is 4.81. The van der Waals surface area contributed by atoms with Crippen molar-refractivity contribution in [2.45, 2.75) is 39.3 Å². The van der Waals surface area contributed by atoms with Crippen LogP contribution in [0.1, 0.15) is 42.6 Å². The van der Waals surface area contributed by atoms with Crippen LogP contribution < -0.4 is 16.0 Å². The molecule has 1 fully saturated rings. The monoisotopic (exact) mass is 380 g/mol. The number of hydrogen-bond acceptors (Lipinski definition) is 3. The van der Waals surface area contributed by atoms with Crippen molar-refractivity contribution in [3.8, 4) is 0 Å². The maximum Gasteiger partial charge on any atom is 0.319 e. The number of amides is 3. The maximum atomic E-state index is 12.5. The summed E-state index contributed by atoms with van der Waals surface area (Å²) in [5.74, 6) is -0.206. The normalized spacial score (nSPS) is 13.2. The minimum absolute atomic E-state index is 0.206. The zero-order chi connectivity index (χ0) is 19.9. The number of nitrogens with zero attached hydrogens (tertiary/aromatic N) is 1. The summed E-state index contributed by atoms with van der Waals surface area (Å²) in [5.41, 5.74) is 3.06. The molecule has 1 saturated carbocycles. The van der Waals surface area contributed by atoms with E-state index in [-0.39, 0.29) is 18.0 Å². The van der Waals surface area contributed by atoms with E-state index in [0.29, 0.717) is 11.3 Å². The number of urea groups is 1. The van der Waals surface area contributed by atoms with E-state index >= 15 is 0 Å². The molecule has 2 aromatic carbocycles. The van der Waals surface area contributed by atoms with Crippen molar-refractivity contribution >= 4 is 23.3 Å². The largest absolute Gasteiger partial charge is 0.335 e. The van der Waals surface area contributed by atoms with Gasteiger partial charge in [0.05, 0.1) is 0 Å². The molecule has 6 heteroatoms. The number of hydrogen-bond donors (Lipinski definition) is 3. The zero-order valence-corrected chi connectivity index (χ0v) is 16.5. The van der Waals surface area contributed by atoms with E-state index in [1.807, 2.05) is 24.3 Å². The van der Waals surface area contributed by atoms with E-state index in [2.05, 4.69) is 34.7 Å². The summed E-state index contributed by atoms with van der Waals surface area (Å²) >= 11 is 0. The van der Waals surface area contributed by atoms with Gasteiger partial charge in [-0.05, 0) is 61.8 Å². The van der Waals surface area contributed by atoms with Gasteiger partial charge in [0, 0.05) is 29.5 Å². The summed E-state index contributed by atoms with van der Waals surface area (Å²) in [5, 5.41) is 8.55. The van der Waals surface area contributed by atoms with Crippen molar-refractivity contribution in [3.63, 3.8) is 0 Å². The Hall–Kier alpha value is -2.86. The fourth-order valence-corrected chi connectivity index (χ4v) is 2.92. The Balaban J connectivity index is 1.58. The van der Waals surface area contributed by atoms with Crippen LogP contribution >= 0.6 is 0 Å². The quantitative estimate of drug-likeness (QED) is 0.646. The highest BCUT2D eigenvalue weighted by Crippen LogP contribution is 2.19. The van der Waals surface area contributed by atoms with Crippen LogP contribution in [0.5, 0.6) is 0 Å². The Labute approximate surface area is 166 Å². The molecular weight excluding hydrogens is 352 g/mol. The molecule has 3 amide bonds. The number of benzene rings is 2. The van der Waals surface area contributed by atoms with Gasteiger partial charge in [-0.15, -0.1) is 0 Å². The molecule has 2 aromatic rings. The van der Waals surface area contributed by atoms with Crippen molar-refractivity contribution in [1.29, 1.82) is 0 Å². The van der Waals surface area contributed by atoms with Crippen LogP contribution in [0.4, 0.5) is 16.2 Å². The molecule has 1 aliphatic carbocycles. The Kier molecular flexibility index (Phi) is 6.66. The maximum absolute atomic E-state index is 12.5. The van der Waals surface area contributed by atoms with Gasteiger partial charge in [0.25, 0.3) is 5.91 Å². The first kappa shape index (κ1) is 19.9. The third-order valence-corrected chi connectivity index (χ3v) is 4.81. The average Bonchev–Trinajstić information content (AvgIpc) is 3.51. The van der Waals surface area contributed by atoms with Gasteiger partial charge < -0.3 is 16.0 Å². The lowest BCUT2D eigenvalue weighted by atomic mass is 10.1. The SMILES string of the molecule is CCN(CC)Cc1ccc(NC(=O)c2cccc(NC(=O)NC3CC3)c2)cc1. The van der Waals surface area contributed by atoms with Crippen LogP contribution in [-0.4, -0.2) is 36.0 Å². The average molecular weight is 380 g/mol. The molecule has 6 nitrogen and oxygen atoms in total.